The molecule has 0 atom stereocenters. The second-order valence-corrected chi connectivity index (χ2v) is 7.66. The third-order valence-electron chi connectivity index (χ3n) is 4.19. The van der Waals surface area contributed by atoms with Crippen molar-refractivity contribution in [2.24, 2.45) is 0 Å². The molecular weight excluding hydrogens is 467 g/mol. The molecule has 0 aliphatic carbocycles. The number of hydrogen-bond acceptors (Lipinski definition) is 6. The molecule has 2 amide bonds. The van der Waals surface area contributed by atoms with Gasteiger partial charge in [-0.1, -0.05) is 59.9 Å². The molecule has 0 aliphatic rings. The van der Waals surface area contributed by atoms with Crippen LogP contribution in [0, 0.1) is 6.92 Å². The summed E-state index contributed by atoms with van der Waals surface area (Å²) in [7, 11) is 0. The molecule has 0 saturated carbocycles. The van der Waals surface area contributed by atoms with Gasteiger partial charge in [-0.25, -0.2) is 9.78 Å². The monoisotopic (exact) mass is 486 g/mol. The number of para-hydroxylation sites is 1. The van der Waals surface area contributed by atoms with E-state index in [0.29, 0.717) is 18.7 Å². The maximum Gasteiger partial charge on any atom is 0.359 e. The summed E-state index contributed by atoms with van der Waals surface area (Å²) in [6, 6.07) is 7.28. The van der Waals surface area contributed by atoms with Gasteiger partial charge in [0.25, 0.3) is 5.91 Å². The Morgan fingerprint density at radius 3 is 2.48 bits per heavy atom. The highest BCUT2D eigenvalue weighted by Crippen LogP contribution is 2.34. The van der Waals surface area contributed by atoms with Crippen LogP contribution in [-0.4, -0.2) is 47.4 Å². The topological polar surface area (TPSA) is 115 Å². The van der Waals surface area contributed by atoms with Gasteiger partial charge in [0, 0.05) is 12.2 Å². The van der Waals surface area contributed by atoms with Crippen LogP contribution in [0.3, 0.4) is 0 Å². The van der Waals surface area contributed by atoms with E-state index in [1.54, 1.807) is 12.1 Å². The van der Waals surface area contributed by atoms with Gasteiger partial charge in [0.05, 0.1) is 17.3 Å². The number of nitrogens with two attached hydrogens (primary N) is 1. The van der Waals surface area contributed by atoms with Gasteiger partial charge in [0.15, 0.2) is 17.5 Å². The van der Waals surface area contributed by atoms with E-state index in [1.165, 1.54) is 4.90 Å². The number of carbonyl (C=O) groups is 3. The lowest BCUT2D eigenvalue weighted by Crippen LogP contribution is -2.40. The first-order chi connectivity index (χ1) is 14.6. The first-order valence-electron chi connectivity index (χ1n) is 9.26. The van der Waals surface area contributed by atoms with Crippen molar-refractivity contribution in [2.45, 2.75) is 20.3 Å². The molecule has 11 heteroatoms. The van der Waals surface area contributed by atoms with E-state index in [1.807, 2.05) is 26.0 Å². The number of ether oxygens (including phenoxy) is 1. The molecule has 166 valence electrons. The predicted molar refractivity (Wildman–Crippen MR) is 121 cm³/mol. The number of nitrogen functional groups attached to an aromatic ring is 1. The summed E-state index contributed by atoms with van der Waals surface area (Å²) >= 11 is 17.6. The Kier molecular flexibility index (Phi) is 8.91. The lowest BCUT2D eigenvalue weighted by atomic mass is 10.2. The van der Waals surface area contributed by atoms with Gasteiger partial charge in [-0.2, -0.15) is 0 Å². The lowest BCUT2D eigenvalue weighted by Gasteiger charge is -2.21. The van der Waals surface area contributed by atoms with Gasteiger partial charge in [-0.3, -0.25) is 9.59 Å². The van der Waals surface area contributed by atoms with Gasteiger partial charge >= 0.3 is 5.97 Å². The van der Waals surface area contributed by atoms with Gasteiger partial charge in [0.2, 0.25) is 5.91 Å². The second kappa shape index (κ2) is 11.2. The molecule has 1 heterocycles. The summed E-state index contributed by atoms with van der Waals surface area (Å²) in [5.41, 5.74) is 6.74. The Morgan fingerprint density at radius 2 is 1.84 bits per heavy atom. The van der Waals surface area contributed by atoms with E-state index in [2.05, 4.69) is 10.3 Å². The quantitative estimate of drug-likeness (QED) is 0.430. The Balaban J connectivity index is 2.01. The Bertz CT molecular complexity index is 1000. The number of amides is 2. The standard InChI is InChI=1S/C20H21Cl3N4O4/c1-3-8-27(9-13(28)25-12-7-5-4-6-11(12)2)14(29)10-31-20(30)18-15(21)17(24)16(22)19(23)26-18/h4-7H,3,8-10H2,1-2H3,(H2,24,26)(H,25,28). The third-order valence-corrected chi connectivity index (χ3v) is 5.33. The van der Waals surface area contributed by atoms with Crippen molar-refractivity contribution in [3.63, 3.8) is 0 Å². The van der Waals surface area contributed by atoms with Crippen molar-refractivity contribution in [1.82, 2.24) is 9.88 Å². The van der Waals surface area contributed by atoms with Crippen LogP contribution in [0.25, 0.3) is 0 Å². The number of benzene rings is 1. The molecule has 0 radical (unpaired) electrons. The maximum atomic E-state index is 12.5. The van der Waals surface area contributed by atoms with E-state index in [-0.39, 0.29) is 39.0 Å². The van der Waals surface area contributed by atoms with Crippen LogP contribution in [0.4, 0.5) is 11.4 Å². The van der Waals surface area contributed by atoms with Crippen molar-refractivity contribution in [1.29, 1.82) is 0 Å². The number of esters is 1. The fraction of sp³-hybridized carbons (Fsp3) is 0.300. The summed E-state index contributed by atoms with van der Waals surface area (Å²) in [5.74, 6) is -1.92. The SMILES string of the molecule is CCCN(CC(=O)Nc1ccccc1C)C(=O)COC(=O)c1nc(Cl)c(Cl)c(N)c1Cl. The fourth-order valence-electron chi connectivity index (χ4n) is 2.59. The summed E-state index contributed by atoms with van der Waals surface area (Å²) < 4.78 is 5.00. The summed E-state index contributed by atoms with van der Waals surface area (Å²) in [6.07, 6.45) is 0.605. The summed E-state index contributed by atoms with van der Waals surface area (Å²) in [5, 5.41) is 2.22. The molecule has 1 aromatic carbocycles. The van der Waals surface area contributed by atoms with Gasteiger partial charge in [-0.05, 0) is 25.0 Å². The molecule has 0 bridgehead atoms. The normalized spacial score (nSPS) is 10.5. The zero-order valence-electron chi connectivity index (χ0n) is 16.9. The number of anilines is 2. The first kappa shape index (κ1) is 24.7. The average molecular weight is 488 g/mol. The summed E-state index contributed by atoms with van der Waals surface area (Å²) in [6.45, 7) is 3.20. The number of hydrogen-bond donors (Lipinski definition) is 2. The van der Waals surface area contributed by atoms with Gasteiger partial charge in [-0.15, -0.1) is 0 Å². The van der Waals surface area contributed by atoms with E-state index in [9.17, 15) is 14.4 Å². The highest BCUT2D eigenvalue weighted by Gasteiger charge is 2.23. The number of nitrogens with zero attached hydrogens (tertiary/aromatic N) is 2. The molecule has 0 unspecified atom stereocenters. The zero-order chi connectivity index (χ0) is 23.1. The van der Waals surface area contributed by atoms with Crippen molar-refractivity contribution < 1.29 is 19.1 Å². The van der Waals surface area contributed by atoms with Crippen LogP contribution in [-0.2, 0) is 14.3 Å². The third kappa shape index (κ3) is 6.46. The lowest BCUT2D eigenvalue weighted by molar-refractivity contribution is -0.137. The molecule has 3 N–H and O–H groups in total. The van der Waals surface area contributed by atoms with Crippen LogP contribution in [0.2, 0.25) is 15.2 Å². The van der Waals surface area contributed by atoms with E-state index in [0.717, 1.165) is 5.56 Å². The highest BCUT2D eigenvalue weighted by molar-refractivity contribution is 6.46. The molecule has 31 heavy (non-hydrogen) atoms. The molecule has 2 rings (SSSR count). The number of nitrogens with one attached hydrogen (secondary N) is 1. The van der Waals surface area contributed by atoms with Gasteiger partial charge in [0.1, 0.15) is 5.02 Å². The van der Waals surface area contributed by atoms with Crippen LogP contribution >= 0.6 is 34.8 Å². The average Bonchev–Trinajstić information content (AvgIpc) is 2.74. The second-order valence-electron chi connectivity index (χ2n) is 6.55. The molecule has 1 aromatic heterocycles. The molecule has 2 aromatic rings. The van der Waals surface area contributed by atoms with Crippen LogP contribution < -0.4 is 11.1 Å². The highest BCUT2D eigenvalue weighted by atomic mass is 35.5. The molecule has 0 spiro atoms. The van der Waals surface area contributed by atoms with E-state index in [4.69, 9.17) is 45.3 Å². The van der Waals surface area contributed by atoms with E-state index >= 15 is 0 Å². The fourth-order valence-corrected chi connectivity index (χ4v) is 3.18. The van der Waals surface area contributed by atoms with Crippen molar-refractivity contribution in [2.75, 3.05) is 30.7 Å². The Hall–Kier alpha value is -2.55. The molecular formula is C20H21Cl3N4O4. The Morgan fingerprint density at radius 1 is 1.16 bits per heavy atom. The first-order valence-corrected chi connectivity index (χ1v) is 10.4. The number of aromatic nitrogens is 1. The minimum absolute atomic E-state index is 0.0897. The smallest absolute Gasteiger partial charge is 0.359 e. The van der Waals surface area contributed by atoms with Crippen molar-refractivity contribution >= 4 is 64.0 Å². The predicted octanol–water partition coefficient (Wildman–Crippen LogP) is 3.97. The van der Waals surface area contributed by atoms with Gasteiger partial charge < -0.3 is 20.7 Å². The molecule has 8 nitrogen and oxygen atoms in total. The largest absolute Gasteiger partial charge is 0.451 e. The van der Waals surface area contributed by atoms with Crippen molar-refractivity contribution in [3.05, 3.63) is 50.7 Å². The number of aryl methyl sites for hydroxylation is 1. The minimum Gasteiger partial charge on any atom is -0.451 e. The van der Waals surface area contributed by atoms with Crippen LogP contribution in [0.1, 0.15) is 29.4 Å². The minimum atomic E-state index is -0.996. The molecule has 0 fully saturated rings. The molecule has 0 aliphatic heterocycles. The Labute approximate surface area is 194 Å². The number of pyridine rings is 1. The number of carbonyl (C=O) groups excluding carboxylic acids is 3. The van der Waals surface area contributed by atoms with Crippen LogP contribution in [0.15, 0.2) is 24.3 Å². The summed E-state index contributed by atoms with van der Waals surface area (Å²) in [4.78, 5) is 42.3. The molecule has 0 saturated heterocycles. The van der Waals surface area contributed by atoms with E-state index < -0.39 is 18.5 Å². The number of halogens is 3. The van der Waals surface area contributed by atoms with Crippen LogP contribution in [0.5, 0.6) is 0 Å². The number of rotatable bonds is 8. The zero-order valence-corrected chi connectivity index (χ0v) is 19.1. The van der Waals surface area contributed by atoms with Crippen molar-refractivity contribution in [3.8, 4) is 0 Å². The maximum absolute atomic E-state index is 12.5.